The highest BCUT2D eigenvalue weighted by Crippen LogP contribution is 2.42. The minimum Gasteiger partial charge on any atom is -0.354 e. The first-order valence-corrected chi connectivity index (χ1v) is 7.95. The topological polar surface area (TPSA) is 15.8 Å². The normalized spacial score (nSPS) is 14.7. The SMILES string of the molecule is Fc1ccc(-c2cc(C3CCC3)c(-c3ccc(F)cc3)[nH]2)cc1. The molecule has 4 rings (SSSR count). The molecule has 0 aliphatic heterocycles. The third-order valence-corrected chi connectivity index (χ3v) is 4.68. The van der Waals surface area contributed by atoms with Crippen LogP contribution in [-0.4, -0.2) is 4.98 Å². The van der Waals surface area contributed by atoms with Gasteiger partial charge in [0.2, 0.25) is 0 Å². The third kappa shape index (κ3) is 2.67. The van der Waals surface area contributed by atoms with Crippen LogP contribution < -0.4 is 0 Å². The van der Waals surface area contributed by atoms with Gasteiger partial charge in [-0.3, -0.25) is 0 Å². The lowest BCUT2D eigenvalue weighted by atomic mass is 9.79. The third-order valence-electron chi connectivity index (χ3n) is 4.68. The zero-order valence-corrected chi connectivity index (χ0v) is 12.7. The largest absolute Gasteiger partial charge is 0.354 e. The average molecular weight is 309 g/mol. The Morgan fingerprint density at radius 3 is 1.87 bits per heavy atom. The van der Waals surface area contributed by atoms with Gasteiger partial charge in [0.15, 0.2) is 0 Å². The fourth-order valence-corrected chi connectivity index (χ4v) is 3.15. The van der Waals surface area contributed by atoms with Crippen molar-refractivity contribution in [2.45, 2.75) is 25.2 Å². The zero-order valence-electron chi connectivity index (χ0n) is 12.7. The Kier molecular flexibility index (Phi) is 3.49. The van der Waals surface area contributed by atoms with Gasteiger partial charge < -0.3 is 4.98 Å². The molecule has 0 amide bonds. The second-order valence-corrected chi connectivity index (χ2v) is 6.15. The summed E-state index contributed by atoms with van der Waals surface area (Å²) in [5, 5.41) is 0. The molecular weight excluding hydrogens is 292 g/mol. The van der Waals surface area contributed by atoms with Crippen molar-refractivity contribution in [3.63, 3.8) is 0 Å². The van der Waals surface area contributed by atoms with Crippen molar-refractivity contribution in [2.24, 2.45) is 0 Å². The van der Waals surface area contributed by atoms with Crippen molar-refractivity contribution in [1.82, 2.24) is 4.98 Å². The summed E-state index contributed by atoms with van der Waals surface area (Å²) in [5.74, 6) is 0.0861. The van der Waals surface area contributed by atoms with E-state index in [2.05, 4.69) is 11.1 Å². The Balaban J connectivity index is 1.80. The maximum absolute atomic E-state index is 13.2. The van der Waals surface area contributed by atoms with Gasteiger partial charge in [0.05, 0.1) is 0 Å². The molecule has 0 atom stereocenters. The lowest BCUT2D eigenvalue weighted by Gasteiger charge is -2.26. The number of nitrogens with one attached hydrogen (secondary N) is 1. The molecule has 1 aromatic heterocycles. The van der Waals surface area contributed by atoms with E-state index in [1.807, 2.05) is 0 Å². The van der Waals surface area contributed by atoms with Gasteiger partial charge >= 0.3 is 0 Å². The van der Waals surface area contributed by atoms with Gasteiger partial charge in [0, 0.05) is 11.4 Å². The van der Waals surface area contributed by atoms with Gasteiger partial charge in [-0.2, -0.15) is 0 Å². The molecule has 3 heteroatoms. The van der Waals surface area contributed by atoms with Crippen molar-refractivity contribution in [1.29, 1.82) is 0 Å². The van der Waals surface area contributed by atoms with Crippen molar-refractivity contribution in [3.8, 4) is 22.5 Å². The second kappa shape index (κ2) is 5.65. The monoisotopic (exact) mass is 309 g/mol. The summed E-state index contributed by atoms with van der Waals surface area (Å²) in [6.45, 7) is 0. The van der Waals surface area contributed by atoms with Crippen LogP contribution in [0, 0.1) is 11.6 Å². The Morgan fingerprint density at radius 2 is 1.35 bits per heavy atom. The number of halogens is 2. The smallest absolute Gasteiger partial charge is 0.123 e. The Labute approximate surface area is 134 Å². The van der Waals surface area contributed by atoms with E-state index >= 15 is 0 Å². The van der Waals surface area contributed by atoms with Crippen LogP contribution in [0.1, 0.15) is 30.7 Å². The highest BCUT2D eigenvalue weighted by Gasteiger charge is 2.25. The van der Waals surface area contributed by atoms with Crippen LogP contribution >= 0.6 is 0 Å². The molecule has 2 aromatic carbocycles. The maximum atomic E-state index is 13.2. The summed E-state index contributed by atoms with van der Waals surface area (Å²) >= 11 is 0. The molecule has 0 saturated heterocycles. The molecule has 1 nitrogen and oxygen atoms in total. The molecule has 116 valence electrons. The minimum absolute atomic E-state index is 0.232. The molecule has 0 radical (unpaired) electrons. The van der Waals surface area contributed by atoms with E-state index in [1.54, 1.807) is 24.3 Å². The first-order chi connectivity index (χ1) is 11.2. The molecule has 1 aliphatic carbocycles. The van der Waals surface area contributed by atoms with Crippen LogP contribution in [-0.2, 0) is 0 Å². The second-order valence-electron chi connectivity index (χ2n) is 6.15. The average Bonchev–Trinajstić information content (AvgIpc) is 2.92. The number of hydrogen-bond donors (Lipinski definition) is 1. The summed E-state index contributed by atoms with van der Waals surface area (Å²) in [6.07, 6.45) is 3.63. The number of aromatic nitrogens is 1. The summed E-state index contributed by atoms with van der Waals surface area (Å²) < 4.78 is 26.3. The van der Waals surface area contributed by atoms with Crippen LogP contribution in [0.4, 0.5) is 8.78 Å². The van der Waals surface area contributed by atoms with E-state index in [-0.39, 0.29) is 11.6 Å². The molecule has 1 N–H and O–H groups in total. The predicted octanol–water partition coefficient (Wildman–Crippen LogP) is 5.89. The molecular formula is C20H17F2N. The van der Waals surface area contributed by atoms with Gasteiger partial charge in [0.25, 0.3) is 0 Å². The van der Waals surface area contributed by atoms with Crippen LogP contribution in [0.15, 0.2) is 54.6 Å². The van der Waals surface area contributed by atoms with Crippen LogP contribution in [0.25, 0.3) is 22.5 Å². The highest BCUT2D eigenvalue weighted by molar-refractivity contribution is 5.72. The predicted molar refractivity (Wildman–Crippen MR) is 88.2 cm³/mol. The first kappa shape index (κ1) is 14.2. The number of rotatable bonds is 3. The van der Waals surface area contributed by atoms with Gasteiger partial charge in [-0.25, -0.2) is 8.78 Å². The van der Waals surface area contributed by atoms with E-state index in [0.717, 1.165) is 22.5 Å². The van der Waals surface area contributed by atoms with Crippen molar-refractivity contribution >= 4 is 0 Å². The van der Waals surface area contributed by atoms with Crippen molar-refractivity contribution in [2.75, 3.05) is 0 Å². The number of aromatic amines is 1. The molecule has 1 aliphatic rings. The standard InChI is InChI=1S/C20H17F2N/c21-16-8-4-14(5-9-16)19-12-18(13-2-1-3-13)20(23-19)15-6-10-17(22)11-7-15/h4-13,23H,1-3H2. The summed E-state index contributed by atoms with van der Waals surface area (Å²) in [6, 6.07) is 15.2. The van der Waals surface area contributed by atoms with E-state index in [0.29, 0.717) is 5.92 Å². The Hall–Kier alpha value is -2.42. The molecule has 1 saturated carbocycles. The van der Waals surface area contributed by atoms with E-state index in [1.165, 1.54) is 49.1 Å². The first-order valence-electron chi connectivity index (χ1n) is 7.95. The summed E-state index contributed by atoms with van der Waals surface area (Å²) in [7, 11) is 0. The van der Waals surface area contributed by atoms with Crippen LogP contribution in [0.3, 0.4) is 0 Å². The van der Waals surface area contributed by atoms with Gasteiger partial charge in [-0.05, 0) is 90.0 Å². The lowest BCUT2D eigenvalue weighted by molar-refractivity contribution is 0.421. The van der Waals surface area contributed by atoms with E-state index in [4.69, 9.17) is 0 Å². The lowest BCUT2D eigenvalue weighted by Crippen LogP contribution is -2.08. The molecule has 1 heterocycles. The van der Waals surface area contributed by atoms with E-state index < -0.39 is 0 Å². The molecule has 0 bridgehead atoms. The highest BCUT2D eigenvalue weighted by atomic mass is 19.1. The zero-order chi connectivity index (χ0) is 15.8. The minimum atomic E-state index is -0.238. The molecule has 3 aromatic rings. The quantitative estimate of drug-likeness (QED) is 0.620. The van der Waals surface area contributed by atoms with Gasteiger partial charge in [-0.15, -0.1) is 0 Å². The number of hydrogen-bond acceptors (Lipinski definition) is 0. The molecule has 0 unspecified atom stereocenters. The van der Waals surface area contributed by atoms with Crippen molar-refractivity contribution < 1.29 is 8.78 Å². The summed E-state index contributed by atoms with van der Waals surface area (Å²) in [4.78, 5) is 3.46. The number of H-pyrrole nitrogens is 1. The van der Waals surface area contributed by atoms with E-state index in [9.17, 15) is 8.78 Å². The van der Waals surface area contributed by atoms with Gasteiger partial charge in [0.1, 0.15) is 11.6 Å². The van der Waals surface area contributed by atoms with Crippen LogP contribution in [0.2, 0.25) is 0 Å². The summed E-state index contributed by atoms with van der Waals surface area (Å²) in [5.41, 5.74) is 5.25. The Morgan fingerprint density at radius 1 is 0.783 bits per heavy atom. The van der Waals surface area contributed by atoms with Crippen molar-refractivity contribution in [3.05, 3.63) is 71.8 Å². The maximum Gasteiger partial charge on any atom is 0.123 e. The van der Waals surface area contributed by atoms with Gasteiger partial charge in [-0.1, -0.05) is 6.42 Å². The molecule has 0 spiro atoms. The Bertz CT molecular complexity index is 812. The molecule has 23 heavy (non-hydrogen) atoms. The molecule has 1 fully saturated rings. The van der Waals surface area contributed by atoms with Crippen LogP contribution in [0.5, 0.6) is 0 Å². The number of benzene rings is 2. The fourth-order valence-electron chi connectivity index (χ4n) is 3.15. The fraction of sp³-hybridized carbons (Fsp3) is 0.200.